The fourth-order valence-electron chi connectivity index (χ4n) is 2.03. The summed E-state index contributed by atoms with van der Waals surface area (Å²) < 4.78 is 5.35. The fourth-order valence-corrected chi connectivity index (χ4v) is 2.66. The van der Waals surface area contributed by atoms with Crippen molar-refractivity contribution in [3.63, 3.8) is 0 Å². The van der Waals surface area contributed by atoms with Gasteiger partial charge in [0.05, 0.1) is 0 Å². The number of amidine groups is 1. The van der Waals surface area contributed by atoms with Gasteiger partial charge in [0.1, 0.15) is 17.1 Å². The quantitative estimate of drug-likeness (QED) is 0.545. The van der Waals surface area contributed by atoms with E-state index in [0.29, 0.717) is 12.4 Å². The van der Waals surface area contributed by atoms with E-state index in [2.05, 4.69) is 31.2 Å². The number of likely N-dealkylation sites (N-methyl/N-ethyl adjacent to an activating group) is 1. The maximum Gasteiger partial charge on any atom is 0.260 e. The minimum absolute atomic E-state index is 0.0277. The molecule has 1 fully saturated rings. The highest BCUT2D eigenvalue weighted by atomic mass is 79.9. The van der Waals surface area contributed by atoms with Crippen LogP contribution in [-0.4, -0.2) is 65.5 Å². The zero-order valence-electron chi connectivity index (χ0n) is 13.4. The molecule has 1 amide bonds. The van der Waals surface area contributed by atoms with Crippen LogP contribution in [0.25, 0.3) is 0 Å². The van der Waals surface area contributed by atoms with E-state index in [1.54, 1.807) is 33.4 Å². The fraction of sp³-hybridized carbons (Fsp3) is 0.500. The van der Waals surface area contributed by atoms with Crippen LogP contribution in [-0.2, 0) is 11.3 Å². The minimum atomic E-state index is -0.294. The van der Waals surface area contributed by atoms with Crippen molar-refractivity contribution < 1.29 is 9.53 Å². The number of aliphatic imine (C=N–C) groups is 1. The molecule has 0 spiro atoms. The standard InChI is InChI=1S/C14H21BrN6O2/c1-17-13-12(16)21(14(15)19-13)7-9-4-5-10(18-6-9)23-8-11(22)20(2)3/h4-6,12,14H,7-8,16H2,1-3H3,(H,17,19). The summed E-state index contributed by atoms with van der Waals surface area (Å²) in [4.78, 5) is 23.3. The molecule has 8 nitrogen and oxygen atoms in total. The van der Waals surface area contributed by atoms with Gasteiger partial charge in [-0.25, -0.2) is 9.88 Å². The normalized spacial score (nSPS) is 22.9. The molecule has 0 saturated carbocycles. The van der Waals surface area contributed by atoms with E-state index >= 15 is 0 Å². The molecule has 23 heavy (non-hydrogen) atoms. The molecule has 2 heterocycles. The van der Waals surface area contributed by atoms with E-state index in [1.165, 1.54) is 4.90 Å². The third-order valence-electron chi connectivity index (χ3n) is 3.44. The Hall–Kier alpha value is -1.71. The Labute approximate surface area is 143 Å². The Kier molecular flexibility index (Phi) is 5.91. The lowest BCUT2D eigenvalue weighted by molar-refractivity contribution is -0.130. The van der Waals surface area contributed by atoms with Gasteiger partial charge in [-0.05, 0) is 21.5 Å². The summed E-state index contributed by atoms with van der Waals surface area (Å²) in [5.41, 5.74) is 7.11. The van der Waals surface area contributed by atoms with Crippen molar-refractivity contribution in [1.82, 2.24) is 20.1 Å². The van der Waals surface area contributed by atoms with Gasteiger partial charge in [0.15, 0.2) is 6.61 Å². The summed E-state index contributed by atoms with van der Waals surface area (Å²) >= 11 is 3.52. The van der Waals surface area contributed by atoms with Crippen molar-refractivity contribution in [2.45, 2.75) is 17.8 Å². The molecule has 1 aliphatic heterocycles. The Morgan fingerprint density at radius 1 is 1.57 bits per heavy atom. The molecule has 2 unspecified atom stereocenters. The molecular weight excluding hydrogens is 364 g/mol. The Morgan fingerprint density at radius 3 is 2.83 bits per heavy atom. The molecule has 1 aliphatic rings. The lowest BCUT2D eigenvalue weighted by Gasteiger charge is -2.22. The van der Waals surface area contributed by atoms with Crippen molar-refractivity contribution in [2.24, 2.45) is 10.7 Å². The first kappa shape index (κ1) is 17.6. The summed E-state index contributed by atoms with van der Waals surface area (Å²) in [5, 5.41) is 3.08. The molecule has 0 aliphatic carbocycles. The molecule has 1 aromatic rings. The number of halogens is 1. The lowest BCUT2D eigenvalue weighted by atomic mass is 10.2. The second kappa shape index (κ2) is 7.71. The van der Waals surface area contributed by atoms with Crippen LogP contribution in [0.1, 0.15) is 5.56 Å². The lowest BCUT2D eigenvalue weighted by Crippen LogP contribution is -2.41. The van der Waals surface area contributed by atoms with Crippen LogP contribution in [0.15, 0.2) is 23.3 Å². The smallest absolute Gasteiger partial charge is 0.260 e. The predicted octanol–water partition coefficient (Wildman–Crippen LogP) is -0.0546. The molecular formula is C14H21BrN6O2. The van der Waals surface area contributed by atoms with Gasteiger partial charge in [0.2, 0.25) is 5.88 Å². The Balaban J connectivity index is 1.94. The van der Waals surface area contributed by atoms with Crippen LogP contribution >= 0.6 is 15.9 Å². The summed E-state index contributed by atoms with van der Waals surface area (Å²) in [5.74, 6) is 1.04. The number of carbonyl (C=O) groups excluding carboxylic acids is 1. The van der Waals surface area contributed by atoms with E-state index in [1.807, 2.05) is 11.0 Å². The first-order chi connectivity index (χ1) is 10.9. The van der Waals surface area contributed by atoms with E-state index in [0.717, 1.165) is 11.4 Å². The van der Waals surface area contributed by atoms with Crippen LogP contribution < -0.4 is 15.8 Å². The number of rotatable bonds is 5. The highest BCUT2D eigenvalue weighted by Gasteiger charge is 2.33. The maximum absolute atomic E-state index is 11.5. The molecule has 126 valence electrons. The zero-order valence-corrected chi connectivity index (χ0v) is 14.9. The van der Waals surface area contributed by atoms with Gasteiger partial charge in [0, 0.05) is 40.0 Å². The van der Waals surface area contributed by atoms with Crippen molar-refractivity contribution >= 4 is 27.7 Å². The van der Waals surface area contributed by atoms with E-state index < -0.39 is 0 Å². The van der Waals surface area contributed by atoms with E-state index in [4.69, 9.17) is 10.5 Å². The largest absolute Gasteiger partial charge is 0.468 e. The number of alkyl halides is 1. The summed E-state index contributed by atoms with van der Waals surface area (Å²) in [6.45, 7) is 0.576. The summed E-state index contributed by atoms with van der Waals surface area (Å²) in [6.07, 6.45) is 1.42. The summed E-state index contributed by atoms with van der Waals surface area (Å²) in [7, 11) is 5.06. The van der Waals surface area contributed by atoms with Crippen LogP contribution in [0, 0.1) is 0 Å². The number of carbonyl (C=O) groups is 1. The van der Waals surface area contributed by atoms with Crippen molar-refractivity contribution in [3.8, 4) is 5.88 Å². The first-order valence-corrected chi connectivity index (χ1v) is 8.00. The highest BCUT2D eigenvalue weighted by molar-refractivity contribution is 9.09. The van der Waals surface area contributed by atoms with Crippen molar-refractivity contribution in [2.75, 3.05) is 27.7 Å². The molecule has 0 aromatic carbocycles. The SMILES string of the molecule is CN=C1NC(Br)N(Cc2ccc(OCC(=O)N(C)C)nc2)C1N. The zero-order chi connectivity index (χ0) is 17.0. The Morgan fingerprint density at radius 2 is 2.30 bits per heavy atom. The number of ether oxygens (including phenoxy) is 1. The number of aromatic nitrogens is 1. The number of amides is 1. The molecule has 1 aromatic heterocycles. The number of hydrogen-bond acceptors (Lipinski definition) is 6. The van der Waals surface area contributed by atoms with Crippen LogP contribution in [0.5, 0.6) is 5.88 Å². The monoisotopic (exact) mass is 384 g/mol. The number of pyridine rings is 1. The van der Waals surface area contributed by atoms with Crippen molar-refractivity contribution in [1.29, 1.82) is 0 Å². The number of hydrogen-bond donors (Lipinski definition) is 2. The summed E-state index contributed by atoms with van der Waals surface area (Å²) in [6, 6.07) is 3.64. The Bertz CT molecular complexity index is 577. The predicted molar refractivity (Wildman–Crippen MR) is 91.2 cm³/mol. The second-order valence-electron chi connectivity index (χ2n) is 5.29. The highest BCUT2D eigenvalue weighted by Crippen LogP contribution is 2.19. The molecule has 0 radical (unpaired) electrons. The van der Waals surface area contributed by atoms with Crippen LogP contribution in [0.2, 0.25) is 0 Å². The van der Waals surface area contributed by atoms with Gasteiger partial charge in [-0.2, -0.15) is 0 Å². The molecule has 2 rings (SSSR count). The van der Waals surface area contributed by atoms with Gasteiger partial charge >= 0.3 is 0 Å². The van der Waals surface area contributed by atoms with Crippen LogP contribution in [0.3, 0.4) is 0 Å². The van der Waals surface area contributed by atoms with Gasteiger partial charge < -0.3 is 20.7 Å². The molecule has 2 atom stereocenters. The van der Waals surface area contributed by atoms with Crippen molar-refractivity contribution in [3.05, 3.63) is 23.9 Å². The van der Waals surface area contributed by atoms with E-state index in [9.17, 15) is 4.79 Å². The van der Waals surface area contributed by atoms with Crippen LogP contribution in [0.4, 0.5) is 0 Å². The minimum Gasteiger partial charge on any atom is -0.468 e. The topological polar surface area (TPSA) is 96.1 Å². The molecule has 1 saturated heterocycles. The molecule has 3 N–H and O–H groups in total. The average molecular weight is 385 g/mol. The number of nitrogens with one attached hydrogen (secondary N) is 1. The molecule has 9 heteroatoms. The van der Waals surface area contributed by atoms with Gasteiger partial charge in [-0.3, -0.25) is 9.79 Å². The number of nitrogens with two attached hydrogens (primary N) is 1. The maximum atomic E-state index is 11.5. The average Bonchev–Trinajstić information content (AvgIpc) is 2.81. The first-order valence-electron chi connectivity index (χ1n) is 7.09. The molecule has 0 bridgehead atoms. The second-order valence-corrected chi connectivity index (χ2v) is 6.16. The van der Waals surface area contributed by atoms with E-state index in [-0.39, 0.29) is 23.8 Å². The van der Waals surface area contributed by atoms with Gasteiger partial charge in [0.25, 0.3) is 5.91 Å². The van der Waals surface area contributed by atoms with Gasteiger partial charge in [-0.15, -0.1) is 0 Å². The third-order valence-corrected chi connectivity index (χ3v) is 4.20. The number of nitrogens with zero attached hydrogens (tertiary/aromatic N) is 4. The van der Waals surface area contributed by atoms with Gasteiger partial charge in [-0.1, -0.05) is 6.07 Å². The third kappa shape index (κ3) is 4.40.